The summed E-state index contributed by atoms with van der Waals surface area (Å²) in [7, 11) is 4.65. The van der Waals surface area contributed by atoms with Crippen molar-refractivity contribution in [2.24, 2.45) is 0 Å². The molecule has 3 heteroatoms. The van der Waals surface area contributed by atoms with Crippen molar-refractivity contribution in [2.45, 2.75) is 12.9 Å². The molecule has 0 unspecified atom stereocenters. The Bertz CT molecular complexity index is 284. The molecule has 14 heavy (non-hydrogen) atoms. The van der Waals surface area contributed by atoms with E-state index in [4.69, 9.17) is 14.2 Å². The topological polar surface area (TPSA) is 27.7 Å². The molecule has 0 N–H and O–H groups in total. The number of methoxy groups -OCH3 is 3. The third-order valence-corrected chi connectivity index (χ3v) is 2.18. The quantitative estimate of drug-likeness (QED) is 0.690. The minimum Gasteiger partial charge on any atom is -0.327 e. The van der Waals surface area contributed by atoms with Crippen LogP contribution in [0.5, 0.6) is 0 Å². The molecule has 0 aromatic heterocycles. The van der Waals surface area contributed by atoms with Gasteiger partial charge in [0.2, 0.25) is 0 Å². The first-order valence-corrected chi connectivity index (χ1v) is 4.41. The number of hydrogen-bond acceptors (Lipinski definition) is 3. The molecule has 1 aromatic carbocycles. The maximum Gasteiger partial charge on any atom is 0.311 e. The summed E-state index contributed by atoms with van der Waals surface area (Å²) in [5, 5.41) is 0. The van der Waals surface area contributed by atoms with E-state index in [9.17, 15) is 0 Å². The first-order chi connectivity index (χ1) is 6.68. The molecule has 0 bridgehead atoms. The van der Waals surface area contributed by atoms with E-state index in [-0.39, 0.29) is 0 Å². The number of rotatable bonds is 4. The fourth-order valence-electron chi connectivity index (χ4n) is 1.44. The molecule has 0 radical (unpaired) electrons. The largest absolute Gasteiger partial charge is 0.327 e. The lowest BCUT2D eigenvalue weighted by atomic mass is 10.1. The Morgan fingerprint density at radius 1 is 1.00 bits per heavy atom. The second kappa shape index (κ2) is 4.55. The molecule has 0 spiro atoms. The van der Waals surface area contributed by atoms with Gasteiger partial charge in [0.25, 0.3) is 0 Å². The lowest BCUT2D eigenvalue weighted by molar-refractivity contribution is -0.364. The summed E-state index contributed by atoms with van der Waals surface area (Å²) in [6.45, 7) is 2.01. The summed E-state index contributed by atoms with van der Waals surface area (Å²) in [4.78, 5) is 0. The lowest BCUT2D eigenvalue weighted by Crippen LogP contribution is -2.32. The number of ether oxygens (including phenoxy) is 3. The molecule has 0 aliphatic rings. The van der Waals surface area contributed by atoms with E-state index in [0.717, 1.165) is 11.1 Å². The van der Waals surface area contributed by atoms with Crippen LogP contribution in [0.2, 0.25) is 0 Å². The molecular weight excluding hydrogens is 180 g/mol. The predicted octanol–water partition coefficient (Wildman–Crippen LogP) is 2.04. The van der Waals surface area contributed by atoms with Gasteiger partial charge in [-0.2, -0.15) is 0 Å². The van der Waals surface area contributed by atoms with Crippen LogP contribution in [0.4, 0.5) is 0 Å². The van der Waals surface area contributed by atoms with E-state index < -0.39 is 5.97 Å². The highest BCUT2D eigenvalue weighted by molar-refractivity contribution is 5.24. The van der Waals surface area contributed by atoms with Gasteiger partial charge in [0.05, 0.1) is 0 Å². The highest BCUT2D eigenvalue weighted by Crippen LogP contribution is 2.27. The summed E-state index contributed by atoms with van der Waals surface area (Å²) in [5.41, 5.74) is 1.99. The Hall–Kier alpha value is -0.900. The average Bonchev–Trinajstić information content (AvgIpc) is 2.22. The number of aryl methyl sites for hydroxylation is 1. The molecule has 1 aromatic rings. The highest BCUT2D eigenvalue weighted by Gasteiger charge is 2.32. The van der Waals surface area contributed by atoms with Crippen molar-refractivity contribution in [1.29, 1.82) is 0 Å². The summed E-state index contributed by atoms with van der Waals surface area (Å²) >= 11 is 0. The highest BCUT2D eigenvalue weighted by atomic mass is 16.9. The van der Waals surface area contributed by atoms with Crippen molar-refractivity contribution in [1.82, 2.24) is 0 Å². The van der Waals surface area contributed by atoms with Crippen LogP contribution in [0.15, 0.2) is 24.3 Å². The van der Waals surface area contributed by atoms with E-state index in [0.29, 0.717) is 0 Å². The second-order valence-electron chi connectivity index (χ2n) is 3.04. The van der Waals surface area contributed by atoms with Crippen molar-refractivity contribution in [3.05, 3.63) is 35.4 Å². The molecule has 0 amide bonds. The monoisotopic (exact) mass is 196 g/mol. The zero-order chi connectivity index (χ0) is 10.6. The van der Waals surface area contributed by atoms with Crippen LogP contribution in [-0.4, -0.2) is 21.3 Å². The minimum absolute atomic E-state index is 0.852. The van der Waals surface area contributed by atoms with Gasteiger partial charge in [0.1, 0.15) is 0 Å². The standard InChI is InChI=1S/C11H16O3/c1-9-6-5-7-10(8-9)11(12-2,13-3)14-4/h5-8H,1-4H3. The molecule has 78 valence electrons. The van der Waals surface area contributed by atoms with Crippen LogP contribution < -0.4 is 0 Å². The Morgan fingerprint density at radius 3 is 2.00 bits per heavy atom. The SMILES string of the molecule is COC(OC)(OC)c1cccc(C)c1. The molecule has 0 atom stereocenters. The van der Waals surface area contributed by atoms with Crippen molar-refractivity contribution < 1.29 is 14.2 Å². The van der Waals surface area contributed by atoms with Crippen molar-refractivity contribution in [3.63, 3.8) is 0 Å². The molecule has 0 heterocycles. The van der Waals surface area contributed by atoms with Gasteiger partial charge in [-0.3, -0.25) is 0 Å². The third kappa shape index (κ3) is 1.95. The fraction of sp³-hybridized carbons (Fsp3) is 0.455. The van der Waals surface area contributed by atoms with Crippen LogP contribution >= 0.6 is 0 Å². The van der Waals surface area contributed by atoms with Crippen molar-refractivity contribution in [2.75, 3.05) is 21.3 Å². The van der Waals surface area contributed by atoms with E-state index in [1.165, 1.54) is 0 Å². The summed E-state index contributed by atoms with van der Waals surface area (Å²) in [6, 6.07) is 7.83. The first kappa shape index (κ1) is 11.2. The zero-order valence-electron chi connectivity index (χ0n) is 9.03. The van der Waals surface area contributed by atoms with Crippen LogP contribution in [0.25, 0.3) is 0 Å². The summed E-state index contributed by atoms with van der Waals surface area (Å²) in [6.07, 6.45) is 0. The Balaban J connectivity index is 3.10. The van der Waals surface area contributed by atoms with E-state index in [1.807, 2.05) is 31.2 Å². The molecule has 0 fully saturated rings. The number of hydrogen-bond donors (Lipinski definition) is 0. The van der Waals surface area contributed by atoms with Gasteiger partial charge in [-0.25, -0.2) is 0 Å². The molecule has 0 aliphatic heterocycles. The lowest BCUT2D eigenvalue weighted by Gasteiger charge is -2.29. The molecule has 0 saturated carbocycles. The van der Waals surface area contributed by atoms with Gasteiger partial charge >= 0.3 is 5.97 Å². The van der Waals surface area contributed by atoms with E-state index >= 15 is 0 Å². The maximum absolute atomic E-state index is 5.23. The first-order valence-electron chi connectivity index (χ1n) is 4.41. The van der Waals surface area contributed by atoms with Gasteiger partial charge < -0.3 is 14.2 Å². The van der Waals surface area contributed by atoms with Crippen molar-refractivity contribution in [3.8, 4) is 0 Å². The molecule has 3 nitrogen and oxygen atoms in total. The Morgan fingerprint density at radius 2 is 1.57 bits per heavy atom. The van der Waals surface area contributed by atoms with Crippen LogP contribution in [0.1, 0.15) is 11.1 Å². The molecule has 1 rings (SSSR count). The molecule has 0 aliphatic carbocycles. The van der Waals surface area contributed by atoms with Crippen LogP contribution in [0.3, 0.4) is 0 Å². The van der Waals surface area contributed by atoms with Gasteiger partial charge in [-0.05, 0) is 13.0 Å². The fourth-order valence-corrected chi connectivity index (χ4v) is 1.44. The van der Waals surface area contributed by atoms with Crippen molar-refractivity contribution >= 4 is 0 Å². The summed E-state index contributed by atoms with van der Waals surface area (Å²) < 4.78 is 15.7. The Kier molecular flexibility index (Phi) is 3.63. The van der Waals surface area contributed by atoms with E-state index in [1.54, 1.807) is 21.3 Å². The Labute approximate surface area is 84.6 Å². The van der Waals surface area contributed by atoms with Crippen LogP contribution in [0, 0.1) is 6.92 Å². The smallest absolute Gasteiger partial charge is 0.311 e. The zero-order valence-corrected chi connectivity index (χ0v) is 9.03. The van der Waals surface area contributed by atoms with Gasteiger partial charge in [0, 0.05) is 26.9 Å². The molecular formula is C11H16O3. The van der Waals surface area contributed by atoms with Gasteiger partial charge in [-0.15, -0.1) is 0 Å². The van der Waals surface area contributed by atoms with Crippen LogP contribution in [-0.2, 0) is 20.2 Å². The number of benzene rings is 1. The predicted molar refractivity (Wildman–Crippen MR) is 53.9 cm³/mol. The normalized spacial score (nSPS) is 11.7. The minimum atomic E-state index is -1.09. The van der Waals surface area contributed by atoms with Gasteiger partial charge in [0.15, 0.2) is 0 Å². The maximum atomic E-state index is 5.23. The summed E-state index contributed by atoms with van der Waals surface area (Å²) in [5.74, 6) is -1.09. The second-order valence-corrected chi connectivity index (χ2v) is 3.04. The molecule has 0 saturated heterocycles. The van der Waals surface area contributed by atoms with E-state index in [2.05, 4.69) is 0 Å². The third-order valence-electron chi connectivity index (χ3n) is 2.18. The average molecular weight is 196 g/mol. The van der Waals surface area contributed by atoms with Gasteiger partial charge in [-0.1, -0.05) is 23.8 Å².